The quantitative estimate of drug-likeness (QED) is 0.195. The molecule has 0 heterocycles. The van der Waals surface area contributed by atoms with Crippen molar-refractivity contribution in [2.75, 3.05) is 0 Å². The van der Waals surface area contributed by atoms with Crippen molar-refractivity contribution in [2.45, 2.75) is 142 Å². The fourth-order valence-corrected chi connectivity index (χ4v) is 11.2. The summed E-state index contributed by atoms with van der Waals surface area (Å²) >= 11 is 0. The van der Waals surface area contributed by atoms with Crippen molar-refractivity contribution in [1.82, 2.24) is 0 Å². The van der Waals surface area contributed by atoms with Crippen LogP contribution in [0.4, 0.5) is 0 Å². The van der Waals surface area contributed by atoms with Crippen LogP contribution in [0.5, 0.6) is 0 Å². The predicted molar refractivity (Wildman–Crippen MR) is 201 cm³/mol. The normalized spacial score (nSPS) is 17.7. The van der Waals surface area contributed by atoms with Gasteiger partial charge >= 0.3 is 279 Å². The van der Waals surface area contributed by atoms with Crippen molar-refractivity contribution in [2.24, 2.45) is 0 Å². The molecule has 3 nitrogen and oxygen atoms in total. The van der Waals surface area contributed by atoms with E-state index in [1.165, 1.54) is 11.1 Å². The van der Waals surface area contributed by atoms with Gasteiger partial charge in [-0.2, -0.15) is 0 Å². The van der Waals surface area contributed by atoms with E-state index < -0.39 is 17.9 Å². The Morgan fingerprint density at radius 2 is 0.913 bits per heavy atom. The maximum atomic E-state index is 13.1. The van der Waals surface area contributed by atoms with Gasteiger partial charge in [-0.25, -0.2) is 0 Å². The van der Waals surface area contributed by atoms with Crippen LogP contribution in [0.25, 0.3) is 21.5 Å². The number of benzene rings is 4. The molecule has 4 aromatic carbocycles. The summed E-state index contributed by atoms with van der Waals surface area (Å²) < 4.78 is 0. The maximum absolute atomic E-state index is 13.1. The molecule has 3 N–H and O–H groups in total. The first-order chi connectivity index (χ1) is 20.8. The second-order valence-electron chi connectivity index (χ2n) is 18.5. The van der Waals surface area contributed by atoms with Crippen LogP contribution in [-0.2, 0) is 26.8 Å². The summed E-state index contributed by atoms with van der Waals surface area (Å²) in [6, 6.07) is 21.6. The van der Waals surface area contributed by atoms with Gasteiger partial charge in [-0.05, 0) is 0 Å². The average molecular weight is 643 g/mol. The van der Waals surface area contributed by atoms with Crippen LogP contribution >= 0.6 is 7.28 Å². The first-order valence-corrected chi connectivity index (χ1v) is 19.4. The van der Waals surface area contributed by atoms with Crippen molar-refractivity contribution in [3.05, 3.63) is 88.5 Å². The van der Waals surface area contributed by atoms with Gasteiger partial charge in [0.05, 0.1) is 0 Å². The van der Waals surface area contributed by atoms with E-state index in [1.807, 2.05) is 6.07 Å². The molecule has 1 aliphatic carbocycles. The fraction of sp³-hybridized carbons (Fsp3) is 0.524. The van der Waals surface area contributed by atoms with Crippen molar-refractivity contribution >= 4 is 34.1 Å². The Kier molecular flexibility index (Phi) is 8.27. The van der Waals surface area contributed by atoms with Gasteiger partial charge < -0.3 is 0 Å². The van der Waals surface area contributed by atoms with Crippen molar-refractivity contribution < 1.29 is 14.7 Å². The molecule has 4 aromatic rings. The molecule has 0 aromatic heterocycles. The summed E-state index contributed by atoms with van der Waals surface area (Å²) in [6.07, 6.45) is 3.72. The van der Waals surface area contributed by atoms with Gasteiger partial charge in [0.15, 0.2) is 0 Å². The molecule has 0 saturated heterocycles. The molecule has 0 unspecified atom stereocenters. The molecule has 4 heteroatoms. The van der Waals surface area contributed by atoms with E-state index in [2.05, 4.69) is 138 Å². The molecule has 1 saturated carbocycles. The average Bonchev–Trinajstić information content (AvgIpc) is 2.93. The Bertz CT molecular complexity index is 1790. The van der Waals surface area contributed by atoms with Gasteiger partial charge in [0.2, 0.25) is 0 Å². The van der Waals surface area contributed by atoms with Crippen LogP contribution in [0.2, 0.25) is 0 Å². The summed E-state index contributed by atoms with van der Waals surface area (Å²) in [6.45, 7) is 26.3. The molecule has 0 radical (unpaired) electrons. The first-order valence-electron chi connectivity index (χ1n) is 17.3. The molecule has 0 spiro atoms. The first kappa shape index (κ1) is 35.0. The molecule has 1 fully saturated rings. The van der Waals surface area contributed by atoms with Gasteiger partial charge in [-0.1, -0.05) is 0 Å². The molecule has 0 aliphatic heterocycles. The molecule has 0 amide bonds. The number of hydrogen-bond donors (Lipinski definition) is 3. The molecular formula is C42H59O3P. The third-order valence-corrected chi connectivity index (χ3v) is 14.2. The Morgan fingerprint density at radius 1 is 0.478 bits per heavy atom. The van der Waals surface area contributed by atoms with Crippen LogP contribution < -0.4 is 5.30 Å². The van der Waals surface area contributed by atoms with E-state index in [-0.39, 0.29) is 16.2 Å². The van der Waals surface area contributed by atoms with Gasteiger partial charge in [0.1, 0.15) is 0 Å². The monoisotopic (exact) mass is 642 g/mol. The zero-order valence-corrected chi connectivity index (χ0v) is 31.5. The summed E-state index contributed by atoms with van der Waals surface area (Å²) in [7, 11) is -5.65. The van der Waals surface area contributed by atoms with E-state index in [1.54, 1.807) is 0 Å². The summed E-state index contributed by atoms with van der Waals surface area (Å²) in [4.78, 5) is 39.4. The summed E-state index contributed by atoms with van der Waals surface area (Å²) in [5, 5.41) is 3.29. The Balaban J connectivity index is 1.87. The standard InChI is InChI=1S/C42H59O3P/c1-38(2,3)32-18-16-28-24-35(34(40(7,8)9)25-30(28)22-32)42(20-14-13-15-21-42)46(43,44,45)37-27-29-17-19-33(39(4,5)6)23-31(29)26-36(37)41(10,11)12/h16-19,22-27,43-45H,13-15,20-21H2,1-12H3. The van der Waals surface area contributed by atoms with E-state index in [9.17, 15) is 14.7 Å². The third-order valence-electron chi connectivity index (χ3n) is 10.7. The molecular weight excluding hydrogens is 583 g/mol. The van der Waals surface area contributed by atoms with Crippen LogP contribution in [0.15, 0.2) is 60.7 Å². The summed E-state index contributed by atoms with van der Waals surface area (Å²) in [5.74, 6) is 0. The van der Waals surface area contributed by atoms with Crippen molar-refractivity contribution in [3.63, 3.8) is 0 Å². The Morgan fingerprint density at radius 3 is 1.35 bits per heavy atom. The molecule has 46 heavy (non-hydrogen) atoms. The molecule has 0 bridgehead atoms. The Hall–Kier alpha value is -2.29. The van der Waals surface area contributed by atoms with Crippen LogP contribution in [-0.4, -0.2) is 14.7 Å². The SMILES string of the molecule is CC(C)(C)c1ccc2cc(C3(P(O)(O)(O)c4cc5ccc(C(C)(C)C)cc5cc4C(C)(C)C)CCCCC3)c(C(C)(C)C)cc2c1. The van der Waals surface area contributed by atoms with E-state index in [4.69, 9.17) is 0 Å². The van der Waals surface area contributed by atoms with Crippen molar-refractivity contribution in [3.8, 4) is 0 Å². The number of rotatable bonds is 3. The number of hydrogen-bond acceptors (Lipinski definition) is 3. The van der Waals surface area contributed by atoms with E-state index in [0.29, 0.717) is 18.1 Å². The molecule has 1 aliphatic rings. The Labute approximate surface area is 278 Å². The second-order valence-corrected chi connectivity index (χ2v) is 21.8. The van der Waals surface area contributed by atoms with Crippen molar-refractivity contribution in [1.29, 1.82) is 0 Å². The zero-order valence-electron chi connectivity index (χ0n) is 30.6. The zero-order chi connectivity index (χ0) is 34.3. The van der Waals surface area contributed by atoms with E-state index in [0.717, 1.165) is 57.5 Å². The molecule has 5 rings (SSSR count). The molecule has 250 valence electrons. The van der Waals surface area contributed by atoms with Gasteiger partial charge in [-0.15, -0.1) is 0 Å². The van der Waals surface area contributed by atoms with Gasteiger partial charge in [-0.3, -0.25) is 0 Å². The van der Waals surface area contributed by atoms with Crippen LogP contribution in [0.3, 0.4) is 0 Å². The minimum absolute atomic E-state index is 0.0133. The van der Waals surface area contributed by atoms with Crippen LogP contribution in [0, 0.1) is 0 Å². The molecule has 0 atom stereocenters. The van der Waals surface area contributed by atoms with Crippen LogP contribution in [0.1, 0.15) is 143 Å². The van der Waals surface area contributed by atoms with Gasteiger partial charge in [0.25, 0.3) is 0 Å². The number of fused-ring (bicyclic) bond motifs is 2. The predicted octanol–water partition coefficient (Wildman–Crippen LogP) is 10.9. The summed E-state index contributed by atoms with van der Waals surface area (Å²) in [5.41, 5.74) is 4.54. The third kappa shape index (κ3) is 5.96. The van der Waals surface area contributed by atoms with Gasteiger partial charge in [0, 0.05) is 0 Å². The second kappa shape index (κ2) is 10.9. The fourth-order valence-electron chi connectivity index (χ4n) is 7.73. The topological polar surface area (TPSA) is 60.7 Å². The minimum atomic E-state index is -5.65. The van der Waals surface area contributed by atoms with E-state index >= 15 is 0 Å².